The topological polar surface area (TPSA) is 39.8 Å². The number of nitrogens with zero attached hydrogens (tertiary/aromatic N) is 3. The highest BCUT2D eigenvalue weighted by Crippen LogP contribution is 2.31. The van der Waals surface area contributed by atoms with Crippen molar-refractivity contribution in [1.82, 2.24) is 14.1 Å². The van der Waals surface area contributed by atoms with Crippen molar-refractivity contribution in [2.75, 3.05) is 0 Å². The molecule has 0 saturated heterocycles. The average Bonchev–Trinajstić information content (AvgIpc) is 3.53. The van der Waals surface area contributed by atoms with Crippen molar-refractivity contribution in [2.45, 2.75) is 32.7 Å². The summed E-state index contributed by atoms with van der Waals surface area (Å²) < 4.78 is 5.39. The fourth-order valence-electron chi connectivity index (χ4n) is 4.77. The van der Waals surface area contributed by atoms with Crippen molar-refractivity contribution >= 4 is 49.1 Å². The van der Waals surface area contributed by atoms with Gasteiger partial charge >= 0.3 is 0 Å². The van der Waals surface area contributed by atoms with E-state index in [-0.39, 0.29) is 11.2 Å². The first-order valence-electron chi connectivity index (χ1n) is 11.9. The van der Waals surface area contributed by atoms with Crippen LogP contribution in [0.25, 0.3) is 32.0 Å². The van der Waals surface area contributed by atoms with Gasteiger partial charge in [-0.2, -0.15) is 0 Å². The number of fused-ring (bicyclic) bond motifs is 3. The molecular weight excluding hydrogens is 450 g/mol. The van der Waals surface area contributed by atoms with E-state index in [1.54, 1.807) is 11.3 Å². The molecule has 0 aliphatic carbocycles. The van der Waals surface area contributed by atoms with Crippen molar-refractivity contribution < 1.29 is 4.79 Å². The van der Waals surface area contributed by atoms with Crippen LogP contribution in [0.3, 0.4) is 0 Å². The average molecular weight is 478 g/mol. The molecule has 174 valence electrons. The Balaban J connectivity index is 1.52. The fraction of sp³-hybridized carbons (Fsp3) is 0.200. The molecule has 0 unspecified atom stereocenters. The van der Waals surface area contributed by atoms with E-state index < -0.39 is 0 Å². The standard InChI is InChI=1S/C30H27N3OS/c1-30(2,3)22-11-9-19-16-26(29(34)21-10-12-24-20(15-21)13-14-32(24)4)33(25(19)17-22)18-28-31-23-7-5-6-8-27(23)35-28/h5-17H,18H2,1-4H3. The summed E-state index contributed by atoms with van der Waals surface area (Å²) in [7, 11) is 2.02. The van der Waals surface area contributed by atoms with Crippen LogP contribution in [0.1, 0.15) is 47.4 Å². The van der Waals surface area contributed by atoms with Crippen molar-refractivity contribution in [1.29, 1.82) is 0 Å². The Kier molecular flexibility index (Phi) is 4.94. The van der Waals surface area contributed by atoms with Gasteiger partial charge in [0.15, 0.2) is 0 Å². The highest BCUT2D eigenvalue weighted by atomic mass is 32.1. The van der Waals surface area contributed by atoms with Gasteiger partial charge in [0.25, 0.3) is 0 Å². The van der Waals surface area contributed by atoms with Crippen LogP contribution in [0.5, 0.6) is 0 Å². The van der Waals surface area contributed by atoms with Crippen LogP contribution in [-0.2, 0) is 19.0 Å². The van der Waals surface area contributed by atoms with Gasteiger partial charge in [-0.25, -0.2) is 4.98 Å². The molecule has 5 heteroatoms. The first-order chi connectivity index (χ1) is 16.8. The lowest BCUT2D eigenvalue weighted by atomic mass is 9.87. The minimum absolute atomic E-state index is 0.0155. The van der Waals surface area contributed by atoms with Crippen LogP contribution < -0.4 is 0 Å². The second kappa shape index (κ2) is 7.92. The Morgan fingerprint density at radius 3 is 2.51 bits per heavy atom. The highest BCUT2D eigenvalue weighted by Gasteiger charge is 2.21. The summed E-state index contributed by atoms with van der Waals surface area (Å²) in [5, 5.41) is 3.14. The molecule has 6 aromatic rings. The number of carbonyl (C=O) groups is 1. The molecule has 0 saturated carbocycles. The van der Waals surface area contributed by atoms with Crippen LogP contribution in [0.15, 0.2) is 79.0 Å². The van der Waals surface area contributed by atoms with Gasteiger partial charge in [0, 0.05) is 40.6 Å². The first-order valence-corrected chi connectivity index (χ1v) is 12.7. The zero-order valence-electron chi connectivity index (χ0n) is 20.4. The molecule has 0 atom stereocenters. The van der Waals surface area contributed by atoms with Gasteiger partial charge in [0.1, 0.15) is 5.01 Å². The van der Waals surface area contributed by atoms with E-state index in [2.05, 4.69) is 60.2 Å². The molecule has 6 rings (SSSR count). The maximum atomic E-state index is 13.9. The van der Waals surface area contributed by atoms with E-state index in [1.165, 1.54) is 5.56 Å². The summed E-state index contributed by atoms with van der Waals surface area (Å²) in [6.07, 6.45) is 2.02. The predicted molar refractivity (Wildman–Crippen MR) is 146 cm³/mol. The van der Waals surface area contributed by atoms with Crippen LogP contribution in [0.2, 0.25) is 0 Å². The maximum absolute atomic E-state index is 13.9. The Hall–Kier alpha value is -3.70. The molecule has 3 aromatic heterocycles. The highest BCUT2D eigenvalue weighted by molar-refractivity contribution is 7.18. The van der Waals surface area contributed by atoms with E-state index >= 15 is 0 Å². The molecule has 0 bridgehead atoms. The van der Waals surface area contributed by atoms with Crippen LogP contribution in [0.4, 0.5) is 0 Å². The smallest absolute Gasteiger partial charge is 0.209 e. The first kappa shape index (κ1) is 21.8. The predicted octanol–water partition coefficient (Wildman–Crippen LogP) is 7.32. The monoisotopic (exact) mass is 477 g/mol. The number of aryl methyl sites for hydroxylation is 1. The second-order valence-electron chi connectivity index (χ2n) is 10.2. The summed E-state index contributed by atoms with van der Waals surface area (Å²) in [4.78, 5) is 18.8. The van der Waals surface area contributed by atoms with E-state index in [9.17, 15) is 4.79 Å². The van der Waals surface area contributed by atoms with Crippen LogP contribution in [-0.4, -0.2) is 19.9 Å². The van der Waals surface area contributed by atoms with E-state index in [0.717, 1.165) is 37.0 Å². The number of aromatic nitrogens is 3. The second-order valence-corrected chi connectivity index (χ2v) is 11.4. The lowest BCUT2D eigenvalue weighted by Crippen LogP contribution is -2.13. The van der Waals surface area contributed by atoms with Crippen LogP contribution >= 0.6 is 11.3 Å². The normalized spacial score (nSPS) is 12.2. The van der Waals surface area contributed by atoms with Gasteiger partial charge in [-0.15, -0.1) is 11.3 Å². The van der Waals surface area contributed by atoms with E-state index in [0.29, 0.717) is 17.8 Å². The third-order valence-electron chi connectivity index (χ3n) is 6.78. The molecule has 0 radical (unpaired) electrons. The quantitative estimate of drug-likeness (QED) is 0.250. The summed E-state index contributed by atoms with van der Waals surface area (Å²) in [6, 6.07) is 24.8. The zero-order chi connectivity index (χ0) is 24.3. The molecule has 4 nitrogen and oxygen atoms in total. The molecule has 0 aliphatic rings. The summed E-state index contributed by atoms with van der Waals surface area (Å²) in [5.74, 6) is 0.0328. The number of ketones is 1. The van der Waals surface area contributed by atoms with Gasteiger partial charge in [-0.05, 0) is 59.5 Å². The number of carbonyl (C=O) groups excluding carboxylic acids is 1. The van der Waals surface area contributed by atoms with Gasteiger partial charge in [0.05, 0.1) is 22.5 Å². The minimum Gasteiger partial charge on any atom is -0.351 e. The zero-order valence-corrected chi connectivity index (χ0v) is 21.2. The van der Waals surface area contributed by atoms with Crippen molar-refractivity contribution in [3.8, 4) is 0 Å². The Labute approximate surface area is 208 Å². The molecule has 0 fully saturated rings. The number of thiazole rings is 1. The molecule has 3 aromatic carbocycles. The Morgan fingerprint density at radius 2 is 1.71 bits per heavy atom. The Bertz CT molecular complexity index is 1710. The summed E-state index contributed by atoms with van der Waals surface area (Å²) in [6.45, 7) is 7.22. The summed E-state index contributed by atoms with van der Waals surface area (Å²) in [5.41, 5.74) is 5.85. The molecule has 3 heterocycles. The number of para-hydroxylation sites is 1. The lowest BCUT2D eigenvalue weighted by Gasteiger charge is -2.19. The third-order valence-corrected chi connectivity index (χ3v) is 7.80. The van der Waals surface area contributed by atoms with Crippen molar-refractivity contribution in [3.05, 3.63) is 101 Å². The van der Waals surface area contributed by atoms with Gasteiger partial charge < -0.3 is 9.13 Å². The van der Waals surface area contributed by atoms with Gasteiger partial charge in [-0.1, -0.05) is 45.0 Å². The van der Waals surface area contributed by atoms with Crippen molar-refractivity contribution in [2.24, 2.45) is 7.05 Å². The molecular formula is C30H27N3OS. The molecule has 0 amide bonds. The van der Waals surface area contributed by atoms with Crippen LogP contribution in [0, 0.1) is 0 Å². The van der Waals surface area contributed by atoms with Crippen molar-refractivity contribution in [3.63, 3.8) is 0 Å². The molecule has 0 spiro atoms. The summed E-state index contributed by atoms with van der Waals surface area (Å²) >= 11 is 1.69. The molecule has 0 aliphatic heterocycles. The van der Waals surface area contributed by atoms with E-state index in [4.69, 9.17) is 4.98 Å². The SMILES string of the molecule is Cn1ccc2cc(C(=O)c3cc4ccc(C(C)(C)C)cc4n3Cc3nc4ccccc4s3)ccc21. The van der Waals surface area contributed by atoms with E-state index in [1.807, 2.05) is 55.7 Å². The molecule has 0 N–H and O–H groups in total. The fourth-order valence-corrected chi connectivity index (χ4v) is 5.73. The number of benzene rings is 3. The lowest BCUT2D eigenvalue weighted by molar-refractivity contribution is 0.103. The minimum atomic E-state index is 0.0155. The third kappa shape index (κ3) is 3.76. The number of hydrogen-bond acceptors (Lipinski definition) is 3. The Morgan fingerprint density at radius 1 is 0.914 bits per heavy atom. The van der Waals surface area contributed by atoms with Gasteiger partial charge in [0.2, 0.25) is 5.78 Å². The maximum Gasteiger partial charge on any atom is 0.209 e. The van der Waals surface area contributed by atoms with Gasteiger partial charge in [-0.3, -0.25) is 4.79 Å². The largest absolute Gasteiger partial charge is 0.351 e. The number of hydrogen-bond donors (Lipinski definition) is 0. The molecule has 35 heavy (non-hydrogen) atoms. The number of rotatable bonds is 4.